The first-order valence-corrected chi connectivity index (χ1v) is 8.06. The van der Waals surface area contributed by atoms with E-state index < -0.39 is 11.5 Å². The molecule has 0 spiro atoms. The number of amides is 1. The van der Waals surface area contributed by atoms with Crippen molar-refractivity contribution in [3.05, 3.63) is 30.5 Å². The van der Waals surface area contributed by atoms with Crippen LogP contribution in [-0.4, -0.2) is 32.3 Å². The fourth-order valence-corrected chi connectivity index (χ4v) is 3.32. The number of rotatable bonds is 4. The van der Waals surface area contributed by atoms with Gasteiger partial charge in [-0.15, -0.1) is 0 Å². The van der Waals surface area contributed by atoms with Gasteiger partial charge in [0.15, 0.2) is 0 Å². The first kappa shape index (κ1) is 15.5. The van der Waals surface area contributed by atoms with Gasteiger partial charge in [0.25, 0.3) is 0 Å². The molecular formula is C17H21N3O3. The molecule has 0 bridgehead atoms. The summed E-state index contributed by atoms with van der Waals surface area (Å²) >= 11 is 0. The first-order chi connectivity index (χ1) is 11.1. The number of nitrogens with zero attached hydrogens (tertiary/aromatic N) is 2. The highest BCUT2D eigenvalue weighted by atomic mass is 16.4. The number of para-hydroxylation sites is 1. The standard InChI is InChI=1S/C17H21N3O3/c21-15(12-20-14-8-4-3-7-13(14)11-18-20)19-17(16(22)23)9-5-1-2-6-10-17/h3-4,7-8,11H,1-2,5-6,9-10,12H2,(H,19,21)(H,22,23). The van der Waals surface area contributed by atoms with E-state index in [2.05, 4.69) is 10.4 Å². The number of nitrogens with one attached hydrogen (secondary N) is 1. The third-order valence-corrected chi connectivity index (χ3v) is 4.59. The maximum absolute atomic E-state index is 12.4. The molecule has 1 aromatic heterocycles. The number of aliphatic carboxylic acids is 1. The molecule has 0 aliphatic heterocycles. The van der Waals surface area contributed by atoms with Crippen molar-refractivity contribution in [2.75, 3.05) is 0 Å². The van der Waals surface area contributed by atoms with Crippen molar-refractivity contribution < 1.29 is 14.7 Å². The molecule has 3 rings (SSSR count). The van der Waals surface area contributed by atoms with Gasteiger partial charge in [-0.2, -0.15) is 5.10 Å². The molecule has 1 amide bonds. The molecule has 1 aromatic carbocycles. The summed E-state index contributed by atoms with van der Waals surface area (Å²) in [5, 5.41) is 17.6. The van der Waals surface area contributed by atoms with Crippen molar-refractivity contribution in [2.45, 2.75) is 50.6 Å². The summed E-state index contributed by atoms with van der Waals surface area (Å²) in [4.78, 5) is 24.2. The Morgan fingerprint density at radius 1 is 1.17 bits per heavy atom. The number of carbonyl (C=O) groups excluding carboxylic acids is 1. The van der Waals surface area contributed by atoms with E-state index in [1.54, 1.807) is 10.9 Å². The molecule has 0 unspecified atom stereocenters. The molecule has 1 saturated carbocycles. The van der Waals surface area contributed by atoms with Gasteiger partial charge >= 0.3 is 5.97 Å². The molecule has 6 heteroatoms. The topological polar surface area (TPSA) is 84.2 Å². The van der Waals surface area contributed by atoms with E-state index in [0.29, 0.717) is 12.8 Å². The quantitative estimate of drug-likeness (QED) is 0.848. The second kappa shape index (κ2) is 6.40. The Morgan fingerprint density at radius 2 is 1.87 bits per heavy atom. The van der Waals surface area contributed by atoms with Gasteiger partial charge in [0, 0.05) is 5.39 Å². The van der Waals surface area contributed by atoms with Gasteiger partial charge in [-0.25, -0.2) is 4.79 Å². The molecule has 1 fully saturated rings. The highest BCUT2D eigenvalue weighted by molar-refractivity contribution is 5.88. The molecule has 1 heterocycles. The first-order valence-electron chi connectivity index (χ1n) is 8.06. The number of hydrogen-bond acceptors (Lipinski definition) is 3. The van der Waals surface area contributed by atoms with Crippen LogP contribution in [-0.2, 0) is 16.1 Å². The fourth-order valence-electron chi connectivity index (χ4n) is 3.32. The Kier molecular flexibility index (Phi) is 4.32. The zero-order valence-electron chi connectivity index (χ0n) is 13.0. The molecule has 0 atom stereocenters. The van der Waals surface area contributed by atoms with Crippen LogP contribution in [0.2, 0.25) is 0 Å². The van der Waals surface area contributed by atoms with Crippen LogP contribution in [0.25, 0.3) is 10.9 Å². The summed E-state index contributed by atoms with van der Waals surface area (Å²) in [5.41, 5.74) is -0.260. The molecule has 6 nitrogen and oxygen atoms in total. The molecule has 2 N–H and O–H groups in total. The maximum atomic E-state index is 12.4. The number of carbonyl (C=O) groups is 2. The molecule has 0 radical (unpaired) electrons. The van der Waals surface area contributed by atoms with Gasteiger partial charge < -0.3 is 10.4 Å². The zero-order valence-corrected chi connectivity index (χ0v) is 13.0. The third-order valence-electron chi connectivity index (χ3n) is 4.59. The second-order valence-electron chi connectivity index (χ2n) is 6.21. The van der Waals surface area contributed by atoms with E-state index in [-0.39, 0.29) is 12.5 Å². The second-order valence-corrected chi connectivity index (χ2v) is 6.21. The number of hydrogen-bond donors (Lipinski definition) is 2. The van der Waals surface area contributed by atoms with Gasteiger partial charge in [0.2, 0.25) is 5.91 Å². The highest BCUT2D eigenvalue weighted by Gasteiger charge is 2.40. The molecule has 122 valence electrons. The van der Waals surface area contributed by atoms with Crippen LogP contribution in [0.3, 0.4) is 0 Å². The lowest BCUT2D eigenvalue weighted by Gasteiger charge is -2.29. The number of fused-ring (bicyclic) bond motifs is 1. The lowest BCUT2D eigenvalue weighted by molar-refractivity contribution is -0.148. The van der Waals surface area contributed by atoms with E-state index in [9.17, 15) is 14.7 Å². The summed E-state index contributed by atoms with van der Waals surface area (Å²) < 4.78 is 1.61. The molecule has 2 aromatic rings. The van der Waals surface area contributed by atoms with Gasteiger partial charge in [-0.3, -0.25) is 9.48 Å². The maximum Gasteiger partial charge on any atom is 0.329 e. The van der Waals surface area contributed by atoms with Crippen LogP contribution >= 0.6 is 0 Å². The zero-order chi connectivity index (χ0) is 16.3. The summed E-state index contributed by atoms with van der Waals surface area (Å²) in [6.07, 6.45) is 6.40. The summed E-state index contributed by atoms with van der Waals surface area (Å²) in [7, 11) is 0. The monoisotopic (exact) mass is 315 g/mol. The van der Waals surface area contributed by atoms with E-state index in [1.807, 2.05) is 24.3 Å². The van der Waals surface area contributed by atoms with Crippen LogP contribution in [0.4, 0.5) is 0 Å². The summed E-state index contributed by atoms with van der Waals surface area (Å²) in [5.74, 6) is -1.23. The van der Waals surface area contributed by atoms with Gasteiger partial charge in [-0.1, -0.05) is 43.9 Å². The summed E-state index contributed by atoms with van der Waals surface area (Å²) in [6.45, 7) is 0.0303. The predicted molar refractivity (Wildman–Crippen MR) is 85.9 cm³/mol. The molecule has 1 aliphatic carbocycles. The van der Waals surface area contributed by atoms with Crippen molar-refractivity contribution in [1.82, 2.24) is 15.1 Å². The van der Waals surface area contributed by atoms with E-state index in [4.69, 9.17) is 0 Å². The lowest BCUT2D eigenvalue weighted by Crippen LogP contribution is -2.55. The predicted octanol–water partition coefficient (Wildman–Crippen LogP) is 2.33. The number of carboxylic acids is 1. The minimum atomic E-state index is -1.13. The van der Waals surface area contributed by atoms with Crippen molar-refractivity contribution in [3.63, 3.8) is 0 Å². The van der Waals surface area contributed by atoms with Gasteiger partial charge in [0.05, 0.1) is 11.7 Å². The van der Waals surface area contributed by atoms with E-state index in [1.165, 1.54) is 0 Å². The molecule has 23 heavy (non-hydrogen) atoms. The van der Waals surface area contributed by atoms with E-state index >= 15 is 0 Å². The Balaban J connectivity index is 1.75. The number of benzene rings is 1. The Bertz CT molecular complexity index is 715. The van der Waals surface area contributed by atoms with Crippen LogP contribution < -0.4 is 5.32 Å². The minimum Gasteiger partial charge on any atom is -0.480 e. The van der Waals surface area contributed by atoms with Crippen LogP contribution in [0.15, 0.2) is 30.5 Å². The average Bonchev–Trinajstić information content (AvgIpc) is 2.77. The fraction of sp³-hybridized carbons (Fsp3) is 0.471. The van der Waals surface area contributed by atoms with Crippen LogP contribution in [0.5, 0.6) is 0 Å². The lowest BCUT2D eigenvalue weighted by atomic mass is 9.90. The number of carboxylic acid groups (broad SMARTS) is 1. The van der Waals surface area contributed by atoms with Crippen molar-refractivity contribution in [1.29, 1.82) is 0 Å². The van der Waals surface area contributed by atoms with Gasteiger partial charge in [0.1, 0.15) is 12.1 Å². The van der Waals surface area contributed by atoms with Crippen molar-refractivity contribution in [3.8, 4) is 0 Å². The Labute approximate surface area is 134 Å². The smallest absolute Gasteiger partial charge is 0.329 e. The van der Waals surface area contributed by atoms with Gasteiger partial charge in [-0.05, 0) is 18.9 Å². The SMILES string of the molecule is O=C(Cn1ncc2ccccc21)NC1(C(=O)O)CCCCCC1. The molecular weight excluding hydrogens is 294 g/mol. The average molecular weight is 315 g/mol. The molecule has 1 aliphatic rings. The normalized spacial score (nSPS) is 17.6. The van der Waals surface area contributed by atoms with E-state index in [0.717, 1.165) is 36.6 Å². The summed E-state index contributed by atoms with van der Waals surface area (Å²) in [6, 6.07) is 7.64. The Morgan fingerprint density at radius 3 is 2.57 bits per heavy atom. The third kappa shape index (κ3) is 3.21. The van der Waals surface area contributed by atoms with Crippen molar-refractivity contribution in [2.24, 2.45) is 0 Å². The van der Waals surface area contributed by atoms with Crippen LogP contribution in [0.1, 0.15) is 38.5 Å². The largest absolute Gasteiger partial charge is 0.480 e. The number of aromatic nitrogens is 2. The minimum absolute atomic E-state index is 0.0303. The van der Waals surface area contributed by atoms with Crippen molar-refractivity contribution >= 4 is 22.8 Å². The molecule has 0 saturated heterocycles. The Hall–Kier alpha value is -2.37. The van der Waals surface area contributed by atoms with Crippen LogP contribution in [0, 0.1) is 0 Å². The highest BCUT2D eigenvalue weighted by Crippen LogP contribution is 2.27.